The zero-order valence-electron chi connectivity index (χ0n) is 15.2. The predicted molar refractivity (Wildman–Crippen MR) is 108 cm³/mol. The molecule has 0 aliphatic heterocycles. The molecule has 4 rings (SSSR count). The lowest BCUT2D eigenvalue weighted by Crippen LogP contribution is -2.46. The number of carbonyl (C=O) groups excluding carboxylic acids is 1. The summed E-state index contributed by atoms with van der Waals surface area (Å²) in [5.41, 5.74) is 8.75. The summed E-state index contributed by atoms with van der Waals surface area (Å²) in [6.07, 6.45) is 9.06. The van der Waals surface area contributed by atoms with Crippen LogP contribution >= 0.6 is 24.8 Å². The summed E-state index contributed by atoms with van der Waals surface area (Å²) < 4.78 is 1.83. The quantitative estimate of drug-likeness (QED) is 0.543. The number of hydrogen-bond acceptors (Lipinski definition) is 6. The zero-order valence-corrected chi connectivity index (χ0v) is 16.8. The lowest BCUT2D eigenvalue weighted by Gasteiger charge is -2.19. The van der Waals surface area contributed by atoms with Crippen LogP contribution in [0.25, 0.3) is 11.3 Å². The highest BCUT2D eigenvalue weighted by molar-refractivity contribution is 5.85. The number of H-pyrrole nitrogens is 1. The summed E-state index contributed by atoms with van der Waals surface area (Å²) in [4.78, 5) is 16.7. The highest BCUT2D eigenvalue weighted by Crippen LogP contribution is 2.44. The van der Waals surface area contributed by atoms with Crippen LogP contribution in [0.15, 0.2) is 37.1 Å². The Balaban J connectivity index is 0.00000140. The largest absolute Gasteiger partial charge is 0.344 e. The number of aromatic amines is 1. The average Bonchev–Trinajstić information content (AvgIpc) is 3.04. The number of amides is 1. The molecule has 0 unspecified atom stereocenters. The fraction of sp³-hybridized carbons (Fsp3) is 0.353. The first-order valence-corrected chi connectivity index (χ1v) is 8.43. The minimum absolute atomic E-state index is 0. The van der Waals surface area contributed by atoms with Gasteiger partial charge in [-0.1, -0.05) is 0 Å². The van der Waals surface area contributed by atoms with Gasteiger partial charge in [-0.3, -0.25) is 9.89 Å². The Kier molecular flexibility index (Phi) is 6.76. The third-order valence-electron chi connectivity index (χ3n) is 4.59. The van der Waals surface area contributed by atoms with Crippen molar-refractivity contribution in [2.75, 3.05) is 0 Å². The van der Waals surface area contributed by atoms with Crippen LogP contribution in [-0.4, -0.2) is 41.9 Å². The second-order valence-electron chi connectivity index (χ2n) is 6.70. The highest BCUT2D eigenvalue weighted by Gasteiger charge is 2.48. The van der Waals surface area contributed by atoms with E-state index in [-0.39, 0.29) is 30.7 Å². The molecule has 3 heterocycles. The third kappa shape index (κ3) is 4.49. The van der Waals surface area contributed by atoms with E-state index in [1.54, 1.807) is 18.7 Å². The Labute approximate surface area is 174 Å². The second-order valence-corrected chi connectivity index (χ2v) is 6.70. The van der Waals surface area contributed by atoms with Crippen LogP contribution in [0.3, 0.4) is 0 Å². The van der Waals surface area contributed by atoms with Crippen molar-refractivity contribution in [2.24, 2.45) is 12.8 Å². The van der Waals surface area contributed by atoms with Crippen LogP contribution in [0.2, 0.25) is 0 Å². The number of halogens is 2. The van der Waals surface area contributed by atoms with Gasteiger partial charge in [0.15, 0.2) is 0 Å². The monoisotopic (exact) mass is 424 g/mol. The molecule has 0 bridgehead atoms. The van der Waals surface area contributed by atoms with E-state index in [4.69, 9.17) is 5.73 Å². The van der Waals surface area contributed by atoms with Gasteiger partial charge in [0.1, 0.15) is 0 Å². The minimum Gasteiger partial charge on any atom is -0.344 e. The van der Waals surface area contributed by atoms with Crippen LogP contribution in [-0.2, 0) is 23.8 Å². The molecule has 1 fully saturated rings. The average molecular weight is 425 g/mol. The van der Waals surface area contributed by atoms with Gasteiger partial charge in [0, 0.05) is 31.4 Å². The Morgan fingerprint density at radius 3 is 2.68 bits per heavy atom. The van der Waals surface area contributed by atoms with E-state index in [9.17, 15) is 4.79 Å². The molecule has 1 atom stereocenters. The van der Waals surface area contributed by atoms with Gasteiger partial charge < -0.3 is 15.6 Å². The number of nitrogens with one attached hydrogen (secondary N) is 2. The van der Waals surface area contributed by atoms with E-state index in [1.807, 2.05) is 29.9 Å². The van der Waals surface area contributed by atoms with E-state index in [0.29, 0.717) is 6.42 Å². The molecule has 0 radical (unpaired) electrons. The maximum absolute atomic E-state index is 12.5. The fourth-order valence-corrected chi connectivity index (χ4v) is 2.92. The highest BCUT2D eigenvalue weighted by atomic mass is 35.5. The van der Waals surface area contributed by atoms with Gasteiger partial charge in [-0.05, 0) is 25.0 Å². The molecule has 4 N–H and O–H groups in total. The molecule has 0 saturated heterocycles. The van der Waals surface area contributed by atoms with Crippen LogP contribution in [0.5, 0.6) is 0 Å². The normalized spacial score (nSPS) is 15.1. The van der Waals surface area contributed by atoms with Gasteiger partial charge in [-0.2, -0.15) is 15.3 Å². The number of aryl methyl sites for hydroxylation is 1. The van der Waals surface area contributed by atoms with Gasteiger partial charge in [0.25, 0.3) is 0 Å². The van der Waals surface area contributed by atoms with Crippen molar-refractivity contribution in [1.29, 1.82) is 0 Å². The molecule has 1 saturated carbocycles. The van der Waals surface area contributed by atoms with Gasteiger partial charge in [-0.25, -0.2) is 4.98 Å². The van der Waals surface area contributed by atoms with Gasteiger partial charge >= 0.3 is 0 Å². The number of nitrogens with two attached hydrogens (primary N) is 1. The van der Waals surface area contributed by atoms with Crippen molar-refractivity contribution in [3.63, 3.8) is 0 Å². The van der Waals surface area contributed by atoms with Crippen molar-refractivity contribution < 1.29 is 4.79 Å². The smallest absolute Gasteiger partial charge is 0.238 e. The Hall–Kier alpha value is -2.49. The maximum atomic E-state index is 12.5. The molecule has 28 heavy (non-hydrogen) atoms. The molecule has 1 aliphatic rings. The summed E-state index contributed by atoms with van der Waals surface area (Å²) in [6.45, 7) is 0. The summed E-state index contributed by atoms with van der Waals surface area (Å²) in [5.74, 6) is -0.200. The molecule has 9 nitrogen and oxygen atoms in total. The molecule has 3 aromatic rings. The molecule has 11 heteroatoms. The molecular weight excluding hydrogens is 403 g/mol. The molecule has 0 spiro atoms. The second kappa shape index (κ2) is 8.68. The van der Waals surface area contributed by atoms with E-state index in [2.05, 4.69) is 30.7 Å². The number of carbonyl (C=O) groups is 1. The number of imidazole rings is 1. The SMILES string of the molecule is Cl.Cl.Cn1cnc(C[C@H](N)C(=O)NC2(c3ccc(-c4cn[nH]c4)nn3)CC2)c1. The first-order valence-electron chi connectivity index (χ1n) is 8.43. The Bertz CT molecular complexity index is 906. The van der Waals surface area contributed by atoms with E-state index in [0.717, 1.165) is 35.5 Å². The van der Waals surface area contributed by atoms with Crippen molar-refractivity contribution in [3.8, 4) is 11.3 Å². The van der Waals surface area contributed by atoms with Crippen LogP contribution in [0.1, 0.15) is 24.2 Å². The predicted octanol–water partition coefficient (Wildman–Crippen LogP) is 1.12. The third-order valence-corrected chi connectivity index (χ3v) is 4.59. The van der Waals surface area contributed by atoms with Crippen molar-refractivity contribution in [1.82, 2.24) is 35.3 Å². The Morgan fingerprint density at radius 1 is 1.36 bits per heavy atom. The molecule has 150 valence electrons. The topological polar surface area (TPSA) is 127 Å². The summed E-state index contributed by atoms with van der Waals surface area (Å²) in [6, 6.07) is 3.13. The van der Waals surface area contributed by atoms with Crippen LogP contribution < -0.4 is 11.1 Å². The van der Waals surface area contributed by atoms with Crippen LogP contribution in [0.4, 0.5) is 0 Å². The standard InChI is InChI=1S/C17H20N8O.2ClH/c1-25-9-12(19-10-25)6-13(18)16(26)22-17(4-5-17)15-3-2-14(23-24-15)11-7-20-21-8-11;;/h2-3,7-10,13H,4-6,18H2,1H3,(H,20,21)(H,22,26);2*1H/t13-;;/m0../s1. The van der Waals surface area contributed by atoms with Gasteiger partial charge in [-0.15, -0.1) is 24.8 Å². The molecule has 3 aromatic heterocycles. The zero-order chi connectivity index (χ0) is 18.1. The van der Waals surface area contributed by atoms with Crippen molar-refractivity contribution in [3.05, 3.63) is 48.4 Å². The number of hydrogen-bond donors (Lipinski definition) is 3. The molecule has 1 aliphatic carbocycles. The first kappa shape index (κ1) is 21.8. The number of rotatable bonds is 6. The maximum Gasteiger partial charge on any atom is 0.238 e. The fourth-order valence-electron chi connectivity index (χ4n) is 2.92. The summed E-state index contributed by atoms with van der Waals surface area (Å²) in [7, 11) is 1.88. The lowest BCUT2D eigenvalue weighted by atomic mass is 10.1. The summed E-state index contributed by atoms with van der Waals surface area (Å²) >= 11 is 0. The molecule has 1 amide bonds. The van der Waals surface area contributed by atoms with Gasteiger partial charge in [0.05, 0.1) is 41.2 Å². The Morgan fingerprint density at radius 2 is 2.14 bits per heavy atom. The number of nitrogens with zero attached hydrogens (tertiary/aromatic N) is 5. The van der Waals surface area contributed by atoms with E-state index >= 15 is 0 Å². The number of aromatic nitrogens is 6. The minimum atomic E-state index is -0.652. The lowest BCUT2D eigenvalue weighted by molar-refractivity contribution is -0.123. The van der Waals surface area contributed by atoms with E-state index in [1.165, 1.54) is 0 Å². The first-order chi connectivity index (χ1) is 12.6. The van der Waals surface area contributed by atoms with Crippen molar-refractivity contribution in [2.45, 2.75) is 30.8 Å². The summed E-state index contributed by atoms with van der Waals surface area (Å²) in [5, 5.41) is 18.3. The molecular formula is C17H22Cl2N8O. The van der Waals surface area contributed by atoms with Gasteiger partial charge in [0.2, 0.25) is 5.91 Å². The molecule has 0 aromatic carbocycles. The van der Waals surface area contributed by atoms with Crippen molar-refractivity contribution >= 4 is 30.7 Å². The van der Waals surface area contributed by atoms with Crippen LogP contribution in [0, 0.1) is 0 Å². The van der Waals surface area contributed by atoms with E-state index < -0.39 is 11.6 Å².